The zero-order chi connectivity index (χ0) is 17.6. The van der Waals surface area contributed by atoms with Crippen LogP contribution in [-0.2, 0) is 18.7 Å². The Balaban J connectivity index is 1.75. The van der Waals surface area contributed by atoms with Gasteiger partial charge in [-0.1, -0.05) is 69.6 Å². The van der Waals surface area contributed by atoms with Crippen LogP contribution in [0.25, 0.3) is 0 Å². The van der Waals surface area contributed by atoms with Crippen molar-refractivity contribution in [3.8, 4) is 0 Å². The summed E-state index contributed by atoms with van der Waals surface area (Å²) in [6.07, 6.45) is 2.59. The van der Waals surface area contributed by atoms with Crippen LogP contribution in [0.5, 0.6) is 0 Å². The number of halogens is 2. The van der Waals surface area contributed by atoms with Crippen molar-refractivity contribution < 1.29 is 0 Å². The first-order valence-corrected chi connectivity index (χ1v) is 9.96. The zero-order valence-corrected chi connectivity index (χ0v) is 16.7. The van der Waals surface area contributed by atoms with E-state index in [1.54, 1.807) is 11.8 Å². The summed E-state index contributed by atoms with van der Waals surface area (Å²) in [6.45, 7) is 4.55. The highest BCUT2D eigenvalue weighted by Gasteiger charge is 2.12. The van der Waals surface area contributed by atoms with Crippen LogP contribution in [0.15, 0.2) is 70.8 Å². The molecular weight excluding hydrogens is 418 g/mol. The lowest BCUT2D eigenvalue weighted by Crippen LogP contribution is -2.04. The summed E-state index contributed by atoms with van der Waals surface area (Å²) in [5, 5.41) is 10.4. The molecule has 25 heavy (non-hydrogen) atoms. The molecule has 3 nitrogen and oxygen atoms in total. The molecule has 0 N–H and O–H groups in total. The standard InChI is InChI=1S/C19H17BrClN3S/c1-2-11-24-18(12-14-5-9-17(21)10-6-14)22-23-19(24)25-13-15-3-7-16(20)8-4-15/h2-10H,1,11-13H2. The van der Waals surface area contributed by atoms with E-state index < -0.39 is 0 Å². The molecule has 2 aromatic carbocycles. The second-order valence-corrected chi connectivity index (χ2v) is 7.81. The van der Waals surface area contributed by atoms with Crippen LogP contribution >= 0.6 is 39.3 Å². The Hall–Kier alpha value is -1.56. The van der Waals surface area contributed by atoms with Crippen molar-refractivity contribution in [1.29, 1.82) is 0 Å². The Morgan fingerprint density at radius 3 is 2.40 bits per heavy atom. The summed E-state index contributed by atoms with van der Waals surface area (Å²) in [4.78, 5) is 0. The van der Waals surface area contributed by atoms with Gasteiger partial charge < -0.3 is 4.57 Å². The number of aromatic nitrogens is 3. The first kappa shape index (κ1) is 18.2. The van der Waals surface area contributed by atoms with Crippen molar-refractivity contribution in [2.24, 2.45) is 0 Å². The van der Waals surface area contributed by atoms with E-state index in [2.05, 4.69) is 61.5 Å². The van der Waals surface area contributed by atoms with Crippen LogP contribution < -0.4 is 0 Å². The number of nitrogens with zero attached hydrogens (tertiary/aromatic N) is 3. The van der Waals surface area contributed by atoms with Gasteiger partial charge in [0.1, 0.15) is 5.82 Å². The Morgan fingerprint density at radius 1 is 1.04 bits per heavy atom. The highest BCUT2D eigenvalue weighted by Crippen LogP contribution is 2.24. The molecule has 128 valence electrons. The fourth-order valence-corrected chi connectivity index (χ4v) is 3.70. The third-order valence-corrected chi connectivity index (χ3v) is 5.48. The zero-order valence-electron chi connectivity index (χ0n) is 13.5. The molecule has 1 heterocycles. The predicted molar refractivity (Wildman–Crippen MR) is 108 cm³/mol. The van der Waals surface area contributed by atoms with Crippen LogP contribution in [-0.4, -0.2) is 14.8 Å². The largest absolute Gasteiger partial charge is 0.302 e. The van der Waals surface area contributed by atoms with Crippen LogP contribution in [0.4, 0.5) is 0 Å². The third-order valence-electron chi connectivity index (χ3n) is 3.66. The van der Waals surface area contributed by atoms with E-state index in [0.29, 0.717) is 6.54 Å². The Labute approximate surface area is 165 Å². The quantitative estimate of drug-likeness (QED) is 0.350. The van der Waals surface area contributed by atoms with Gasteiger partial charge in [-0.3, -0.25) is 0 Å². The SMILES string of the molecule is C=CCn1c(Cc2ccc(Cl)cc2)nnc1SCc1ccc(Br)cc1. The van der Waals surface area contributed by atoms with E-state index >= 15 is 0 Å². The molecule has 0 aliphatic heterocycles. The monoisotopic (exact) mass is 433 g/mol. The maximum Gasteiger partial charge on any atom is 0.191 e. The Morgan fingerprint density at radius 2 is 1.72 bits per heavy atom. The van der Waals surface area contributed by atoms with Crippen LogP contribution in [0.2, 0.25) is 5.02 Å². The van der Waals surface area contributed by atoms with Crippen LogP contribution in [0.3, 0.4) is 0 Å². The lowest BCUT2D eigenvalue weighted by molar-refractivity contribution is 0.690. The molecule has 6 heteroatoms. The van der Waals surface area contributed by atoms with E-state index in [-0.39, 0.29) is 0 Å². The average molecular weight is 435 g/mol. The van der Waals surface area contributed by atoms with Crippen LogP contribution in [0, 0.1) is 0 Å². The van der Waals surface area contributed by atoms with Gasteiger partial charge in [-0.2, -0.15) is 0 Å². The number of allylic oxidation sites excluding steroid dienone is 1. The van der Waals surface area contributed by atoms with Crippen molar-refractivity contribution in [2.75, 3.05) is 0 Å². The Kier molecular flexibility index (Phi) is 6.34. The van der Waals surface area contributed by atoms with Gasteiger partial charge in [0.05, 0.1) is 0 Å². The summed E-state index contributed by atoms with van der Waals surface area (Å²) < 4.78 is 3.20. The van der Waals surface area contributed by atoms with Gasteiger partial charge in [-0.25, -0.2) is 0 Å². The van der Waals surface area contributed by atoms with E-state index in [0.717, 1.165) is 38.2 Å². The van der Waals surface area contributed by atoms with Crippen molar-refractivity contribution >= 4 is 39.3 Å². The summed E-state index contributed by atoms with van der Waals surface area (Å²) in [6, 6.07) is 16.2. The fraction of sp³-hybridized carbons (Fsp3) is 0.158. The molecule has 0 fully saturated rings. The number of benzene rings is 2. The fourth-order valence-electron chi connectivity index (χ4n) is 2.38. The van der Waals surface area contributed by atoms with Gasteiger partial charge in [0.2, 0.25) is 0 Å². The molecule has 0 saturated heterocycles. The normalized spacial score (nSPS) is 10.8. The highest BCUT2D eigenvalue weighted by atomic mass is 79.9. The number of hydrogen-bond acceptors (Lipinski definition) is 3. The van der Waals surface area contributed by atoms with Crippen molar-refractivity contribution in [1.82, 2.24) is 14.8 Å². The number of thioether (sulfide) groups is 1. The lowest BCUT2D eigenvalue weighted by atomic mass is 10.1. The third kappa shape index (κ3) is 4.97. The molecule has 0 saturated carbocycles. The molecule has 0 radical (unpaired) electrons. The second-order valence-electron chi connectivity index (χ2n) is 5.52. The summed E-state index contributed by atoms with van der Waals surface area (Å²) in [5.41, 5.74) is 2.41. The molecule has 0 aliphatic carbocycles. The van der Waals surface area contributed by atoms with Crippen molar-refractivity contribution in [2.45, 2.75) is 23.9 Å². The molecule has 0 amide bonds. The summed E-state index contributed by atoms with van der Waals surface area (Å²) in [7, 11) is 0. The first-order chi connectivity index (χ1) is 12.2. The predicted octanol–water partition coefficient (Wildman–Crippen LogP) is 5.76. The van der Waals surface area contributed by atoms with E-state index in [4.69, 9.17) is 11.6 Å². The van der Waals surface area contributed by atoms with Crippen LogP contribution in [0.1, 0.15) is 17.0 Å². The van der Waals surface area contributed by atoms with Gasteiger partial charge in [-0.05, 0) is 35.4 Å². The molecule has 1 aromatic heterocycles. The first-order valence-electron chi connectivity index (χ1n) is 7.80. The van der Waals surface area contributed by atoms with E-state index in [9.17, 15) is 0 Å². The Bertz CT molecular complexity index is 844. The van der Waals surface area contributed by atoms with Gasteiger partial charge in [0, 0.05) is 28.2 Å². The van der Waals surface area contributed by atoms with Gasteiger partial charge in [-0.15, -0.1) is 16.8 Å². The van der Waals surface area contributed by atoms with E-state index in [1.165, 1.54) is 5.56 Å². The number of rotatable bonds is 7. The molecule has 0 spiro atoms. The lowest BCUT2D eigenvalue weighted by Gasteiger charge is -2.08. The molecule has 0 unspecified atom stereocenters. The number of hydrogen-bond donors (Lipinski definition) is 0. The minimum Gasteiger partial charge on any atom is -0.302 e. The average Bonchev–Trinajstić information content (AvgIpc) is 2.99. The second kappa shape index (κ2) is 8.70. The molecule has 3 rings (SSSR count). The van der Waals surface area contributed by atoms with Gasteiger partial charge in [0.25, 0.3) is 0 Å². The topological polar surface area (TPSA) is 30.7 Å². The van der Waals surface area contributed by atoms with Gasteiger partial charge >= 0.3 is 0 Å². The minimum atomic E-state index is 0.693. The highest BCUT2D eigenvalue weighted by molar-refractivity contribution is 9.10. The minimum absolute atomic E-state index is 0.693. The summed E-state index contributed by atoms with van der Waals surface area (Å²) >= 11 is 11.1. The maximum atomic E-state index is 5.96. The van der Waals surface area contributed by atoms with Crippen molar-refractivity contribution in [3.05, 3.63) is 87.6 Å². The molecule has 3 aromatic rings. The van der Waals surface area contributed by atoms with Crippen molar-refractivity contribution in [3.63, 3.8) is 0 Å². The summed E-state index contributed by atoms with van der Waals surface area (Å²) in [5.74, 6) is 1.78. The molecular formula is C19H17BrClN3S. The van der Waals surface area contributed by atoms with Gasteiger partial charge in [0.15, 0.2) is 5.16 Å². The molecule has 0 aliphatic rings. The van der Waals surface area contributed by atoms with E-state index in [1.807, 2.05) is 30.3 Å². The maximum absolute atomic E-state index is 5.96. The molecule has 0 atom stereocenters. The smallest absolute Gasteiger partial charge is 0.191 e. The molecule has 0 bridgehead atoms.